The maximum Gasteiger partial charge on any atom is 0.338 e. The van der Waals surface area contributed by atoms with E-state index in [1.165, 1.54) is 11.8 Å². The zero-order chi connectivity index (χ0) is 27.1. The fourth-order valence-corrected chi connectivity index (χ4v) is 5.03. The molecule has 3 aromatic rings. The summed E-state index contributed by atoms with van der Waals surface area (Å²) in [5, 5.41) is 2.62. The van der Waals surface area contributed by atoms with Gasteiger partial charge in [0.05, 0.1) is 31.5 Å². The van der Waals surface area contributed by atoms with Crippen molar-refractivity contribution in [2.24, 2.45) is 4.99 Å². The number of hydrogen-bond donors (Lipinski definition) is 1. The van der Waals surface area contributed by atoms with Crippen molar-refractivity contribution in [2.45, 2.75) is 25.1 Å². The highest BCUT2D eigenvalue weighted by molar-refractivity contribution is 9.10. The molecule has 1 unspecified atom stereocenters. The van der Waals surface area contributed by atoms with Crippen molar-refractivity contribution in [1.82, 2.24) is 4.90 Å². The first-order valence-electron chi connectivity index (χ1n) is 11.9. The number of thioether (sulfide) groups is 1. The van der Waals surface area contributed by atoms with E-state index in [2.05, 4.69) is 21.2 Å². The Morgan fingerprint density at radius 3 is 2.37 bits per heavy atom. The number of hydrogen-bond acceptors (Lipinski definition) is 7. The standard InChI is InChI=1S/C28H26BrN3O5S/c1-3-37-27(35)19-6-10-22(11-7-19)31-28-32(17-18-4-14-23(36-2)15-5-18)25(33)16-24(38-28)26(34)30-21-12-8-20(29)9-13-21/h4-15,24H,3,16-17H2,1-2H3,(H,30,34). The van der Waals surface area contributed by atoms with Crippen LogP contribution in [-0.2, 0) is 20.9 Å². The summed E-state index contributed by atoms with van der Waals surface area (Å²) >= 11 is 4.61. The molecule has 0 bridgehead atoms. The minimum atomic E-state index is -0.657. The summed E-state index contributed by atoms with van der Waals surface area (Å²) in [7, 11) is 1.59. The van der Waals surface area contributed by atoms with E-state index in [1.807, 2.05) is 36.4 Å². The van der Waals surface area contributed by atoms with E-state index in [4.69, 9.17) is 14.5 Å². The quantitative estimate of drug-likeness (QED) is 0.331. The summed E-state index contributed by atoms with van der Waals surface area (Å²) in [5.74, 6) is -0.189. The van der Waals surface area contributed by atoms with E-state index in [1.54, 1.807) is 55.3 Å². The number of nitrogens with one attached hydrogen (secondary N) is 1. The lowest BCUT2D eigenvalue weighted by molar-refractivity contribution is -0.129. The van der Waals surface area contributed by atoms with Gasteiger partial charge >= 0.3 is 5.97 Å². The van der Waals surface area contributed by atoms with E-state index in [0.29, 0.717) is 27.9 Å². The van der Waals surface area contributed by atoms with Gasteiger partial charge in [0.15, 0.2) is 5.17 Å². The van der Waals surface area contributed by atoms with Gasteiger partial charge < -0.3 is 14.8 Å². The molecule has 0 spiro atoms. The largest absolute Gasteiger partial charge is 0.497 e. The van der Waals surface area contributed by atoms with E-state index in [-0.39, 0.29) is 31.4 Å². The normalized spacial score (nSPS) is 16.3. The third-order valence-electron chi connectivity index (χ3n) is 5.65. The summed E-state index contributed by atoms with van der Waals surface area (Å²) in [6, 6.07) is 21.3. The lowest BCUT2D eigenvalue weighted by Gasteiger charge is -2.32. The van der Waals surface area contributed by atoms with Crippen LogP contribution in [0.15, 0.2) is 82.3 Å². The maximum absolute atomic E-state index is 13.3. The molecule has 8 nitrogen and oxygen atoms in total. The average Bonchev–Trinajstić information content (AvgIpc) is 2.92. The highest BCUT2D eigenvalue weighted by atomic mass is 79.9. The van der Waals surface area contributed by atoms with Crippen molar-refractivity contribution in [3.8, 4) is 5.75 Å². The minimum Gasteiger partial charge on any atom is -0.497 e. The van der Waals surface area contributed by atoms with E-state index >= 15 is 0 Å². The molecule has 0 aliphatic carbocycles. The Balaban J connectivity index is 1.59. The van der Waals surface area contributed by atoms with Gasteiger partial charge in [-0.1, -0.05) is 39.8 Å². The van der Waals surface area contributed by atoms with Crippen LogP contribution in [0.25, 0.3) is 0 Å². The SMILES string of the molecule is CCOC(=O)c1ccc(N=C2SC(C(=O)Nc3ccc(Br)cc3)CC(=O)N2Cc2ccc(OC)cc2)cc1. The number of ether oxygens (including phenoxy) is 2. The van der Waals surface area contributed by atoms with E-state index in [9.17, 15) is 14.4 Å². The summed E-state index contributed by atoms with van der Waals surface area (Å²) < 4.78 is 11.2. The second-order valence-electron chi connectivity index (χ2n) is 8.30. The highest BCUT2D eigenvalue weighted by Crippen LogP contribution is 2.31. The van der Waals surface area contributed by atoms with E-state index in [0.717, 1.165) is 10.0 Å². The molecule has 10 heteroatoms. The van der Waals surface area contributed by atoms with Gasteiger partial charge in [0.2, 0.25) is 11.8 Å². The van der Waals surface area contributed by atoms with Gasteiger partial charge in [-0.05, 0) is 73.2 Å². The number of amides is 2. The predicted octanol–water partition coefficient (Wildman–Crippen LogP) is 5.79. The molecule has 1 aliphatic heterocycles. The molecule has 4 rings (SSSR count). The summed E-state index contributed by atoms with van der Waals surface area (Å²) in [6.07, 6.45) is 0.0317. The molecule has 0 radical (unpaired) electrons. The third kappa shape index (κ3) is 7.02. The number of nitrogens with zero attached hydrogens (tertiary/aromatic N) is 2. The number of methoxy groups -OCH3 is 1. The second-order valence-corrected chi connectivity index (χ2v) is 10.4. The fourth-order valence-electron chi connectivity index (χ4n) is 3.66. The lowest BCUT2D eigenvalue weighted by Crippen LogP contribution is -2.44. The monoisotopic (exact) mass is 595 g/mol. The first-order valence-corrected chi connectivity index (χ1v) is 13.6. The number of aliphatic imine (C=N–C) groups is 1. The van der Waals surface area contributed by atoms with Gasteiger partial charge in [0, 0.05) is 16.6 Å². The number of rotatable bonds is 8. The van der Waals surface area contributed by atoms with Crippen LogP contribution in [0.3, 0.4) is 0 Å². The molecule has 38 heavy (non-hydrogen) atoms. The van der Waals surface area contributed by atoms with Crippen molar-refractivity contribution in [3.05, 3.63) is 88.4 Å². The Morgan fingerprint density at radius 2 is 1.74 bits per heavy atom. The van der Waals surface area contributed by atoms with Crippen LogP contribution >= 0.6 is 27.7 Å². The van der Waals surface area contributed by atoms with Crippen molar-refractivity contribution in [3.63, 3.8) is 0 Å². The molecule has 1 saturated heterocycles. The number of carbonyl (C=O) groups is 3. The zero-order valence-corrected chi connectivity index (χ0v) is 23.3. The number of halogens is 1. The van der Waals surface area contributed by atoms with Crippen LogP contribution in [0.4, 0.5) is 11.4 Å². The molecule has 0 saturated carbocycles. The van der Waals surface area contributed by atoms with Gasteiger partial charge in [-0.2, -0.15) is 0 Å². The Bertz CT molecular complexity index is 1330. The lowest BCUT2D eigenvalue weighted by atomic mass is 10.2. The summed E-state index contributed by atoms with van der Waals surface area (Å²) in [6.45, 7) is 2.32. The molecule has 1 N–H and O–H groups in total. The maximum atomic E-state index is 13.3. The van der Waals surface area contributed by atoms with Crippen LogP contribution in [-0.4, -0.2) is 46.8 Å². The number of benzene rings is 3. The topological polar surface area (TPSA) is 97.3 Å². The number of esters is 1. The smallest absolute Gasteiger partial charge is 0.338 e. The minimum absolute atomic E-state index is 0.0317. The molecule has 2 amide bonds. The molecule has 196 valence electrons. The van der Waals surface area contributed by atoms with Crippen LogP contribution in [0.1, 0.15) is 29.3 Å². The van der Waals surface area contributed by atoms with Crippen molar-refractivity contribution in [1.29, 1.82) is 0 Å². The number of amidine groups is 1. The molecule has 1 aliphatic rings. The molecule has 1 atom stereocenters. The fraction of sp³-hybridized carbons (Fsp3) is 0.214. The second kappa shape index (κ2) is 12.7. The Kier molecular flexibility index (Phi) is 9.19. The zero-order valence-electron chi connectivity index (χ0n) is 20.8. The first kappa shape index (κ1) is 27.4. The van der Waals surface area contributed by atoms with Gasteiger partial charge in [-0.25, -0.2) is 9.79 Å². The van der Waals surface area contributed by atoms with E-state index < -0.39 is 11.2 Å². The number of anilines is 1. The van der Waals surface area contributed by atoms with Gasteiger partial charge in [-0.3, -0.25) is 14.5 Å². The molecular weight excluding hydrogens is 570 g/mol. The van der Waals surface area contributed by atoms with Gasteiger partial charge in [0.1, 0.15) is 11.0 Å². The molecule has 1 heterocycles. The van der Waals surface area contributed by atoms with Crippen LogP contribution in [0.5, 0.6) is 5.75 Å². The van der Waals surface area contributed by atoms with Crippen LogP contribution in [0.2, 0.25) is 0 Å². The van der Waals surface area contributed by atoms with Gasteiger partial charge in [0.25, 0.3) is 0 Å². The highest BCUT2D eigenvalue weighted by Gasteiger charge is 2.36. The summed E-state index contributed by atoms with van der Waals surface area (Å²) in [4.78, 5) is 44.7. The van der Waals surface area contributed by atoms with Crippen LogP contribution in [0, 0.1) is 0 Å². The Labute approximate surface area is 233 Å². The molecular formula is C28H26BrN3O5S. The predicted molar refractivity (Wildman–Crippen MR) is 152 cm³/mol. The van der Waals surface area contributed by atoms with Crippen molar-refractivity contribution >= 4 is 62.0 Å². The third-order valence-corrected chi connectivity index (χ3v) is 7.36. The van der Waals surface area contributed by atoms with Crippen molar-refractivity contribution in [2.75, 3.05) is 19.0 Å². The van der Waals surface area contributed by atoms with Gasteiger partial charge in [-0.15, -0.1) is 0 Å². The average molecular weight is 597 g/mol. The molecule has 1 fully saturated rings. The molecule has 3 aromatic carbocycles. The van der Waals surface area contributed by atoms with Crippen molar-refractivity contribution < 1.29 is 23.9 Å². The summed E-state index contributed by atoms with van der Waals surface area (Å²) in [5.41, 5.74) is 2.48. The Morgan fingerprint density at radius 1 is 1.05 bits per heavy atom. The number of carbonyl (C=O) groups excluding carboxylic acids is 3. The first-order chi connectivity index (χ1) is 18.4. The Hall–Kier alpha value is -3.63. The van der Waals surface area contributed by atoms with Crippen LogP contribution < -0.4 is 10.1 Å². The molecule has 0 aromatic heterocycles.